The maximum absolute atomic E-state index is 11.9. The molecule has 0 radical (unpaired) electrons. The van der Waals surface area contributed by atoms with Gasteiger partial charge in [-0.05, 0) is 48.2 Å². The van der Waals surface area contributed by atoms with Gasteiger partial charge in [0, 0.05) is 37.9 Å². The molecular weight excluding hydrogens is 362 g/mol. The Bertz CT molecular complexity index is 791. The van der Waals surface area contributed by atoms with Crippen LogP contribution in [0.2, 0.25) is 5.02 Å². The molecule has 4 nitrogen and oxygen atoms in total. The van der Waals surface area contributed by atoms with Crippen LogP contribution in [0.25, 0.3) is 0 Å². The van der Waals surface area contributed by atoms with E-state index in [1.165, 1.54) is 11.1 Å². The van der Waals surface area contributed by atoms with Crippen molar-refractivity contribution in [1.29, 1.82) is 0 Å². The minimum absolute atomic E-state index is 0.0522. The van der Waals surface area contributed by atoms with Gasteiger partial charge in [0.1, 0.15) is 11.4 Å². The number of rotatable bonds is 8. The van der Waals surface area contributed by atoms with Crippen molar-refractivity contribution in [3.63, 3.8) is 0 Å². The van der Waals surface area contributed by atoms with Gasteiger partial charge in [0.05, 0.1) is 6.61 Å². The largest absolute Gasteiger partial charge is 0.487 e. The van der Waals surface area contributed by atoms with E-state index in [0.29, 0.717) is 19.6 Å². The van der Waals surface area contributed by atoms with Crippen molar-refractivity contribution in [2.45, 2.75) is 38.2 Å². The minimum atomic E-state index is -0.258. The molecule has 0 saturated carbocycles. The predicted molar refractivity (Wildman–Crippen MR) is 108 cm³/mol. The number of nitrogens with one attached hydrogen (secondary N) is 1. The van der Waals surface area contributed by atoms with E-state index in [-0.39, 0.29) is 11.5 Å². The molecule has 1 amide bonds. The summed E-state index contributed by atoms with van der Waals surface area (Å²) in [5.41, 5.74) is 3.33. The summed E-state index contributed by atoms with van der Waals surface area (Å²) >= 11 is 5.97. The van der Waals surface area contributed by atoms with Gasteiger partial charge in [-0.1, -0.05) is 35.9 Å². The van der Waals surface area contributed by atoms with Gasteiger partial charge in [-0.3, -0.25) is 4.79 Å². The Morgan fingerprint density at radius 3 is 2.70 bits per heavy atom. The second kappa shape index (κ2) is 8.77. The first-order chi connectivity index (χ1) is 13.0. The third-order valence-corrected chi connectivity index (χ3v) is 5.06. The molecule has 2 aromatic rings. The van der Waals surface area contributed by atoms with Crippen LogP contribution in [0, 0.1) is 0 Å². The molecule has 1 atom stereocenters. The van der Waals surface area contributed by atoms with Crippen molar-refractivity contribution in [2.24, 2.45) is 0 Å². The smallest absolute Gasteiger partial charge is 0.220 e. The second-order valence-electron chi connectivity index (χ2n) is 7.32. The molecule has 0 aromatic heterocycles. The molecule has 0 bridgehead atoms. The van der Waals surface area contributed by atoms with Gasteiger partial charge in [0.25, 0.3) is 0 Å². The maximum Gasteiger partial charge on any atom is 0.220 e. The molecule has 1 unspecified atom stereocenters. The van der Waals surface area contributed by atoms with Crippen molar-refractivity contribution in [3.05, 3.63) is 64.2 Å². The first-order valence-electron chi connectivity index (χ1n) is 9.28. The number of ether oxygens (including phenoxy) is 2. The normalized spacial score (nSPS) is 18.0. The molecule has 27 heavy (non-hydrogen) atoms. The number of fused-ring (bicyclic) bond motifs is 1. The van der Waals surface area contributed by atoms with E-state index in [9.17, 15) is 4.79 Å². The van der Waals surface area contributed by atoms with Gasteiger partial charge in [-0.15, -0.1) is 0 Å². The van der Waals surface area contributed by atoms with E-state index < -0.39 is 0 Å². The Balaban J connectivity index is 1.57. The molecule has 0 aliphatic carbocycles. The Hall–Kier alpha value is -2.04. The van der Waals surface area contributed by atoms with Gasteiger partial charge >= 0.3 is 0 Å². The molecule has 1 N–H and O–H groups in total. The predicted octanol–water partition coefficient (Wildman–Crippen LogP) is 3.97. The number of halogens is 1. The molecular formula is C22H26ClNO3. The lowest BCUT2D eigenvalue weighted by atomic mass is 9.91. The van der Waals surface area contributed by atoms with Gasteiger partial charge in [-0.25, -0.2) is 0 Å². The number of hydrogen-bond acceptors (Lipinski definition) is 3. The maximum atomic E-state index is 11.9. The summed E-state index contributed by atoms with van der Waals surface area (Å²) in [7, 11) is 1.62. The standard InChI is InChI=1S/C22H26ClNO3/c1-22(14-17-3-7-19(23)8-4-17)15-18-13-16(5-9-20(18)27-22)6-10-21(25)24-11-12-26-2/h3-5,7-9,13H,6,10-12,14-15H2,1-2H3,(H,24,25). The summed E-state index contributed by atoms with van der Waals surface area (Å²) in [5, 5.41) is 3.60. The quantitative estimate of drug-likeness (QED) is 0.697. The van der Waals surface area contributed by atoms with Gasteiger partial charge < -0.3 is 14.8 Å². The first kappa shape index (κ1) is 19.7. The fourth-order valence-electron chi connectivity index (χ4n) is 3.50. The van der Waals surface area contributed by atoms with Crippen molar-refractivity contribution >= 4 is 17.5 Å². The molecule has 1 aliphatic heterocycles. The summed E-state index contributed by atoms with van der Waals surface area (Å²) in [6.45, 7) is 3.23. The Labute approximate surface area is 165 Å². The molecule has 144 valence electrons. The molecule has 0 spiro atoms. The van der Waals surface area contributed by atoms with E-state index in [4.69, 9.17) is 21.1 Å². The van der Waals surface area contributed by atoms with E-state index in [1.807, 2.05) is 30.3 Å². The first-order valence-corrected chi connectivity index (χ1v) is 9.66. The number of carbonyl (C=O) groups is 1. The number of methoxy groups -OCH3 is 1. The molecule has 3 rings (SSSR count). The Morgan fingerprint density at radius 1 is 1.22 bits per heavy atom. The van der Waals surface area contributed by atoms with Crippen molar-refractivity contribution in [2.75, 3.05) is 20.3 Å². The highest BCUT2D eigenvalue weighted by Gasteiger charge is 2.35. The fourth-order valence-corrected chi connectivity index (χ4v) is 3.63. The number of benzene rings is 2. The van der Waals surface area contributed by atoms with Crippen molar-refractivity contribution in [3.8, 4) is 5.75 Å². The Kier molecular flexibility index (Phi) is 6.40. The zero-order valence-electron chi connectivity index (χ0n) is 15.9. The zero-order chi connectivity index (χ0) is 19.3. The molecule has 2 aromatic carbocycles. The average molecular weight is 388 g/mol. The summed E-state index contributed by atoms with van der Waals surface area (Å²) in [5.74, 6) is 0.996. The SMILES string of the molecule is COCCNC(=O)CCc1ccc2c(c1)CC(C)(Cc1ccc(Cl)cc1)O2. The number of hydrogen-bond donors (Lipinski definition) is 1. The van der Waals surface area contributed by atoms with E-state index in [2.05, 4.69) is 24.4 Å². The van der Waals surface area contributed by atoms with Crippen LogP contribution in [0.5, 0.6) is 5.75 Å². The topological polar surface area (TPSA) is 47.6 Å². The van der Waals surface area contributed by atoms with Crippen LogP contribution in [-0.4, -0.2) is 31.8 Å². The third-order valence-electron chi connectivity index (χ3n) is 4.81. The van der Waals surface area contributed by atoms with Crippen LogP contribution in [0.4, 0.5) is 0 Å². The van der Waals surface area contributed by atoms with Crippen LogP contribution in [0.3, 0.4) is 0 Å². The molecule has 1 aliphatic rings. The van der Waals surface area contributed by atoms with Crippen LogP contribution < -0.4 is 10.1 Å². The van der Waals surface area contributed by atoms with Gasteiger partial charge in [0.15, 0.2) is 0 Å². The lowest BCUT2D eigenvalue weighted by molar-refractivity contribution is -0.121. The van der Waals surface area contributed by atoms with Gasteiger partial charge in [-0.2, -0.15) is 0 Å². The van der Waals surface area contributed by atoms with E-state index in [0.717, 1.165) is 35.6 Å². The second-order valence-corrected chi connectivity index (χ2v) is 7.75. The van der Waals surface area contributed by atoms with Crippen molar-refractivity contribution in [1.82, 2.24) is 5.32 Å². The van der Waals surface area contributed by atoms with Crippen LogP contribution >= 0.6 is 11.6 Å². The molecule has 0 fully saturated rings. The number of aryl methyl sites for hydroxylation is 1. The highest BCUT2D eigenvalue weighted by atomic mass is 35.5. The minimum Gasteiger partial charge on any atom is -0.487 e. The highest BCUT2D eigenvalue weighted by Crippen LogP contribution is 2.37. The molecule has 1 heterocycles. The Morgan fingerprint density at radius 2 is 1.96 bits per heavy atom. The third kappa shape index (κ3) is 5.47. The summed E-state index contributed by atoms with van der Waals surface area (Å²) in [6.07, 6.45) is 2.89. The van der Waals surface area contributed by atoms with Crippen LogP contribution in [0.15, 0.2) is 42.5 Å². The fraction of sp³-hybridized carbons (Fsp3) is 0.409. The molecule has 5 heteroatoms. The highest BCUT2D eigenvalue weighted by molar-refractivity contribution is 6.30. The van der Waals surface area contributed by atoms with Gasteiger partial charge in [0.2, 0.25) is 5.91 Å². The summed E-state index contributed by atoms with van der Waals surface area (Å²) < 4.78 is 11.2. The van der Waals surface area contributed by atoms with Crippen LogP contribution in [-0.2, 0) is 28.8 Å². The summed E-state index contributed by atoms with van der Waals surface area (Å²) in [6, 6.07) is 14.2. The zero-order valence-corrected chi connectivity index (χ0v) is 16.6. The molecule has 0 saturated heterocycles. The van der Waals surface area contributed by atoms with Crippen LogP contribution in [0.1, 0.15) is 30.0 Å². The average Bonchev–Trinajstić information content (AvgIpc) is 2.97. The monoisotopic (exact) mass is 387 g/mol. The summed E-state index contributed by atoms with van der Waals surface area (Å²) in [4.78, 5) is 11.9. The number of carbonyl (C=O) groups excluding carboxylic acids is 1. The lowest BCUT2D eigenvalue weighted by Crippen LogP contribution is -2.32. The van der Waals surface area contributed by atoms with E-state index >= 15 is 0 Å². The number of amides is 1. The van der Waals surface area contributed by atoms with E-state index in [1.54, 1.807) is 7.11 Å². The van der Waals surface area contributed by atoms with Crippen molar-refractivity contribution < 1.29 is 14.3 Å². The lowest BCUT2D eigenvalue weighted by Gasteiger charge is -2.24.